The van der Waals surface area contributed by atoms with E-state index in [2.05, 4.69) is 119 Å². The maximum Gasteiger partial charge on any atom is 1.10 e. The fraction of sp³-hybridized carbons (Fsp3) is 0.600. The Morgan fingerprint density at radius 1 is 0.529 bits per heavy atom. The van der Waals surface area contributed by atoms with Crippen molar-refractivity contribution in [3.05, 3.63) is 58.7 Å². The van der Waals surface area contributed by atoms with E-state index in [1.165, 1.54) is 22.3 Å². The lowest BCUT2D eigenvalue weighted by atomic mass is 9.79. The number of hydrogen-bond donors (Lipinski definition) is 0. The van der Waals surface area contributed by atoms with E-state index < -0.39 is 15.1 Å². The summed E-state index contributed by atoms with van der Waals surface area (Å²) >= 11 is -2.59. The molecule has 0 saturated heterocycles. The number of para-hydroxylation sites is 2. The van der Waals surface area contributed by atoms with Crippen LogP contribution in [0.15, 0.2) is 36.4 Å². The first-order valence-electron chi connectivity index (χ1n) is 12.6. The maximum absolute atomic E-state index is 6.80. The van der Waals surface area contributed by atoms with Crippen molar-refractivity contribution < 1.29 is 11.4 Å². The molecule has 188 valence electrons. The molecule has 0 bridgehead atoms. The molecule has 0 atom stereocenters. The highest BCUT2D eigenvalue weighted by Crippen LogP contribution is 2.42. The lowest BCUT2D eigenvalue weighted by molar-refractivity contribution is 0.206. The Hall–Kier alpha value is -1.47. The Morgan fingerprint density at radius 2 is 0.794 bits per heavy atom. The minimum atomic E-state index is -2.59. The van der Waals surface area contributed by atoms with E-state index in [1.807, 2.05) is 6.92 Å². The Labute approximate surface area is 214 Å². The van der Waals surface area contributed by atoms with Crippen LogP contribution in [0, 0.1) is 0 Å². The second-order valence-electron chi connectivity index (χ2n) is 13.3. The van der Waals surface area contributed by atoms with Gasteiger partial charge in [-0.25, -0.2) is 0 Å². The second-order valence-corrected chi connectivity index (χ2v) is 14.7. The molecule has 4 heteroatoms. The van der Waals surface area contributed by atoms with Crippen LogP contribution in [0.3, 0.4) is 0 Å². The second kappa shape index (κ2) is 10.3. The van der Waals surface area contributed by atoms with E-state index >= 15 is 0 Å². The van der Waals surface area contributed by atoms with E-state index in [0.29, 0.717) is 6.61 Å². The quantitative estimate of drug-likeness (QED) is 0.387. The SMILES string of the molecule is CC[O][Al]([O]c1c(C(C)(C)C)cccc1C(C)(C)C)[O]c1c(C(C)(C)C)cccc1C(C)(C)C. The molecule has 0 aliphatic heterocycles. The molecule has 0 amide bonds. The van der Waals surface area contributed by atoms with Crippen LogP contribution >= 0.6 is 0 Å². The summed E-state index contributed by atoms with van der Waals surface area (Å²) in [6.07, 6.45) is 0. The first kappa shape index (κ1) is 28.8. The van der Waals surface area contributed by atoms with Crippen molar-refractivity contribution >= 4 is 15.1 Å². The van der Waals surface area contributed by atoms with E-state index in [4.69, 9.17) is 11.4 Å². The van der Waals surface area contributed by atoms with Gasteiger partial charge in [-0.1, -0.05) is 119 Å². The van der Waals surface area contributed by atoms with E-state index in [0.717, 1.165) is 11.5 Å². The largest absolute Gasteiger partial charge is 1.10 e. The molecule has 2 aromatic carbocycles. The van der Waals surface area contributed by atoms with Gasteiger partial charge in [0.1, 0.15) is 0 Å². The molecule has 0 heterocycles. The molecule has 3 nitrogen and oxygen atoms in total. The Kier molecular flexibility index (Phi) is 8.68. The average molecular weight is 483 g/mol. The molecule has 2 aromatic rings. The first-order valence-corrected chi connectivity index (χ1v) is 14.0. The van der Waals surface area contributed by atoms with Gasteiger partial charge >= 0.3 is 15.1 Å². The number of hydrogen-bond acceptors (Lipinski definition) is 3. The van der Waals surface area contributed by atoms with Crippen LogP contribution in [0.1, 0.15) is 112 Å². The molecular weight excluding hydrogens is 435 g/mol. The molecule has 0 aliphatic rings. The molecule has 0 aromatic heterocycles. The predicted molar refractivity (Wildman–Crippen MR) is 146 cm³/mol. The molecule has 0 N–H and O–H groups in total. The van der Waals surface area contributed by atoms with Crippen molar-refractivity contribution in [2.75, 3.05) is 6.61 Å². The predicted octanol–water partition coefficient (Wildman–Crippen LogP) is 8.36. The lowest BCUT2D eigenvalue weighted by Gasteiger charge is -2.33. The Bertz CT molecular complexity index is 825. The standard InChI is InChI=1S/2C14H22O.C2H5O.Al/c2*1-13(2,3)10-8-7-9-11(12(10)15)14(4,5)6;1-2-3;/h2*7-9,15H,1-6H3;2H2,1H3;/q;;-1;+3/p-2. The summed E-state index contributed by atoms with van der Waals surface area (Å²) in [4.78, 5) is 0. The Balaban J connectivity index is 2.67. The summed E-state index contributed by atoms with van der Waals surface area (Å²) in [6, 6.07) is 13.0. The van der Waals surface area contributed by atoms with Gasteiger partial charge in [-0.15, -0.1) is 0 Å². The highest BCUT2D eigenvalue weighted by Gasteiger charge is 2.44. The molecule has 0 aliphatic carbocycles. The van der Waals surface area contributed by atoms with Crippen molar-refractivity contribution in [1.29, 1.82) is 0 Å². The van der Waals surface area contributed by atoms with Gasteiger partial charge in [0.05, 0.1) is 11.5 Å². The third kappa shape index (κ3) is 7.03. The zero-order valence-electron chi connectivity index (χ0n) is 24.0. The monoisotopic (exact) mass is 482 g/mol. The molecule has 0 saturated carbocycles. The van der Waals surface area contributed by atoms with Gasteiger partial charge < -0.3 is 11.4 Å². The summed E-state index contributed by atoms with van der Waals surface area (Å²) in [6.45, 7) is 29.3. The van der Waals surface area contributed by atoms with Crippen LogP contribution in [-0.4, -0.2) is 21.8 Å². The molecule has 34 heavy (non-hydrogen) atoms. The summed E-state index contributed by atoms with van der Waals surface area (Å²) < 4.78 is 19.8. The molecule has 0 spiro atoms. The lowest BCUT2D eigenvalue weighted by Crippen LogP contribution is -2.37. The van der Waals surface area contributed by atoms with Crippen LogP contribution < -0.4 is 7.58 Å². The fourth-order valence-corrected chi connectivity index (χ4v) is 5.46. The van der Waals surface area contributed by atoms with Crippen LogP contribution in [0.4, 0.5) is 0 Å². The van der Waals surface area contributed by atoms with Crippen LogP contribution in [0.2, 0.25) is 0 Å². The minimum absolute atomic E-state index is 0.0678. The number of rotatable bonds is 6. The van der Waals surface area contributed by atoms with Crippen molar-refractivity contribution in [3.8, 4) is 11.5 Å². The zero-order chi connectivity index (χ0) is 26.1. The van der Waals surface area contributed by atoms with Crippen LogP contribution in [0.25, 0.3) is 0 Å². The van der Waals surface area contributed by atoms with Crippen LogP contribution in [0.5, 0.6) is 11.5 Å². The van der Waals surface area contributed by atoms with Crippen LogP contribution in [-0.2, 0) is 25.4 Å². The highest BCUT2D eigenvalue weighted by molar-refractivity contribution is 6.38. The maximum atomic E-state index is 6.80. The van der Waals surface area contributed by atoms with Gasteiger partial charge in [-0.2, -0.15) is 0 Å². The van der Waals surface area contributed by atoms with Gasteiger partial charge in [0, 0.05) is 6.61 Å². The van der Waals surface area contributed by atoms with Crippen molar-refractivity contribution in [2.24, 2.45) is 0 Å². The smallest absolute Gasteiger partial charge is 0.588 e. The van der Waals surface area contributed by atoms with Crippen molar-refractivity contribution in [2.45, 2.75) is 112 Å². The normalized spacial score (nSPS) is 13.1. The molecule has 2 rings (SSSR count). The molecule has 0 fully saturated rings. The third-order valence-electron chi connectivity index (χ3n) is 5.99. The van der Waals surface area contributed by atoms with Crippen molar-refractivity contribution in [1.82, 2.24) is 0 Å². The van der Waals surface area contributed by atoms with Crippen molar-refractivity contribution in [3.63, 3.8) is 0 Å². The van der Waals surface area contributed by atoms with E-state index in [1.54, 1.807) is 0 Å². The Morgan fingerprint density at radius 3 is 1.00 bits per heavy atom. The van der Waals surface area contributed by atoms with Gasteiger partial charge in [-0.05, 0) is 50.8 Å². The summed E-state index contributed by atoms with van der Waals surface area (Å²) in [7, 11) is 0. The topological polar surface area (TPSA) is 27.7 Å². The molecular formula is C30H47AlO3. The first-order chi connectivity index (χ1) is 15.4. The van der Waals surface area contributed by atoms with Gasteiger partial charge in [0.25, 0.3) is 0 Å². The van der Waals surface area contributed by atoms with Gasteiger partial charge in [0.2, 0.25) is 0 Å². The molecule has 0 unspecified atom stereocenters. The molecule has 0 radical (unpaired) electrons. The van der Waals surface area contributed by atoms with Gasteiger partial charge in [-0.3, -0.25) is 0 Å². The highest BCUT2D eigenvalue weighted by atomic mass is 27.3. The third-order valence-corrected chi connectivity index (χ3v) is 7.45. The summed E-state index contributed by atoms with van der Waals surface area (Å²) in [5, 5.41) is 0. The van der Waals surface area contributed by atoms with E-state index in [-0.39, 0.29) is 21.7 Å². The fourth-order valence-electron chi connectivity index (χ4n) is 4.11. The minimum Gasteiger partial charge on any atom is -0.588 e. The average Bonchev–Trinajstić information content (AvgIpc) is 2.65. The summed E-state index contributed by atoms with van der Waals surface area (Å²) in [5.74, 6) is 1.83. The number of benzene rings is 2. The summed E-state index contributed by atoms with van der Waals surface area (Å²) in [5.41, 5.74) is 4.45. The zero-order valence-corrected chi connectivity index (χ0v) is 25.1. The van der Waals surface area contributed by atoms with E-state index in [9.17, 15) is 0 Å². The van der Waals surface area contributed by atoms with Gasteiger partial charge in [0.15, 0.2) is 0 Å².